The van der Waals surface area contributed by atoms with Crippen LogP contribution in [0.4, 0.5) is 11.6 Å². The van der Waals surface area contributed by atoms with Crippen LogP contribution in [0.1, 0.15) is 34.5 Å². The predicted octanol–water partition coefficient (Wildman–Crippen LogP) is 4.73. The van der Waals surface area contributed by atoms with E-state index in [-0.39, 0.29) is 5.91 Å². The zero-order valence-electron chi connectivity index (χ0n) is 19.2. The lowest BCUT2D eigenvalue weighted by atomic mass is 9.95. The van der Waals surface area contributed by atoms with Gasteiger partial charge in [0.25, 0.3) is 5.91 Å². The Kier molecular flexibility index (Phi) is 5.85. The summed E-state index contributed by atoms with van der Waals surface area (Å²) in [6.07, 6.45) is 1.44. The van der Waals surface area contributed by atoms with Gasteiger partial charge in [-0.3, -0.25) is 4.79 Å². The summed E-state index contributed by atoms with van der Waals surface area (Å²) >= 11 is 0. The van der Waals surface area contributed by atoms with Gasteiger partial charge >= 0.3 is 5.97 Å². The van der Waals surface area contributed by atoms with Crippen molar-refractivity contribution in [2.45, 2.75) is 19.9 Å². The van der Waals surface area contributed by atoms with E-state index in [4.69, 9.17) is 4.74 Å². The predicted molar refractivity (Wildman–Crippen MR) is 132 cm³/mol. The van der Waals surface area contributed by atoms with Gasteiger partial charge in [0, 0.05) is 11.4 Å². The zero-order valence-corrected chi connectivity index (χ0v) is 19.2. The summed E-state index contributed by atoms with van der Waals surface area (Å²) in [6, 6.07) is 23.0. The molecule has 5 rings (SSSR count). The van der Waals surface area contributed by atoms with Crippen molar-refractivity contribution in [1.29, 1.82) is 0 Å². The molecule has 0 spiro atoms. The molecule has 0 bridgehead atoms. The van der Waals surface area contributed by atoms with Crippen molar-refractivity contribution in [3.05, 3.63) is 113 Å². The average molecular weight is 466 g/mol. The van der Waals surface area contributed by atoms with Gasteiger partial charge in [-0.05, 0) is 55.8 Å². The fourth-order valence-electron chi connectivity index (χ4n) is 3.99. The molecule has 3 aromatic carbocycles. The lowest BCUT2D eigenvalue weighted by Gasteiger charge is -2.28. The number of aryl methyl sites for hydroxylation is 1. The van der Waals surface area contributed by atoms with Crippen molar-refractivity contribution in [2.75, 3.05) is 10.6 Å². The van der Waals surface area contributed by atoms with Crippen molar-refractivity contribution in [1.82, 2.24) is 14.8 Å². The van der Waals surface area contributed by atoms with Crippen LogP contribution in [-0.2, 0) is 4.79 Å². The van der Waals surface area contributed by atoms with Gasteiger partial charge in [-0.1, -0.05) is 48.0 Å². The first kappa shape index (κ1) is 22.1. The van der Waals surface area contributed by atoms with Crippen LogP contribution in [0.25, 0.3) is 0 Å². The Labute approximate surface area is 202 Å². The highest BCUT2D eigenvalue weighted by Crippen LogP contribution is 2.35. The molecule has 8 nitrogen and oxygen atoms in total. The highest BCUT2D eigenvalue weighted by atomic mass is 16.5. The molecule has 35 heavy (non-hydrogen) atoms. The quantitative estimate of drug-likeness (QED) is 0.327. The molecular formula is C27H23N5O3. The molecule has 1 aliphatic rings. The molecule has 1 amide bonds. The normalized spacial score (nSPS) is 14.6. The van der Waals surface area contributed by atoms with Crippen LogP contribution in [0, 0.1) is 6.92 Å². The maximum atomic E-state index is 13.4. The molecule has 0 saturated heterocycles. The Morgan fingerprint density at radius 2 is 1.66 bits per heavy atom. The fourth-order valence-corrected chi connectivity index (χ4v) is 3.99. The van der Waals surface area contributed by atoms with Gasteiger partial charge in [0.15, 0.2) is 0 Å². The molecule has 0 saturated carbocycles. The fraction of sp³-hybridized carbons (Fsp3) is 0.111. The number of amides is 1. The van der Waals surface area contributed by atoms with Crippen LogP contribution >= 0.6 is 0 Å². The minimum absolute atomic E-state index is 0.246. The number of esters is 1. The van der Waals surface area contributed by atoms with Crippen molar-refractivity contribution >= 4 is 23.5 Å². The van der Waals surface area contributed by atoms with Gasteiger partial charge in [0.05, 0.1) is 11.1 Å². The number of hydrogen-bond donors (Lipinski definition) is 2. The SMILES string of the molecule is CC1=C(C(=O)Nc2ccc(C)cc2)[C@@H](c2ccc(OC(=O)c3ccccc3)cc2)n2ncnc2N1. The third-order valence-electron chi connectivity index (χ3n) is 5.76. The molecule has 1 aliphatic heterocycles. The van der Waals surface area contributed by atoms with Gasteiger partial charge in [-0.25, -0.2) is 9.48 Å². The van der Waals surface area contributed by atoms with Crippen LogP contribution in [0.2, 0.25) is 0 Å². The Morgan fingerprint density at radius 1 is 0.943 bits per heavy atom. The third kappa shape index (κ3) is 4.54. The largest absolute Gasteiger partial charge is 0.423 e. The topological polar surface area (TPSA) is 98.1 Å². The number of aromatic nitrogens is 3. The first-order chi connectivity index (χ1) is 17.0. The van der Waals surface area contributed by atoms with E-state index in [0.29, 0.717) is 34.2 Å². The second-order valence-corrected chi connectivity index (χ2v) is 8.24. The van der Waals surface area contributed by atoms with Gasteiger partial charge in [0.1, 0.15) is 18.1 Å². The van der Waals surface area contributed by atoms with Crippen LogP contribution in [-0.4, -0.2) is 26.6 Å². The summed E-state index contributed by atoms with van der Waals surface area (Å²) in [4.78, 5) is 30.1. The van der Waals surface area contributed by atoms with Gasteiger partial charge in [0.2, 0.25) is 5.95 Å². The van der Waals surface area contributed by atoms with Crippen LogP contribution in [0.5, 0.6) is 5.75 Å². The van der Waals surface area contributed by atoms with Crippen LogP contribution < -0.4 is 15.4 Å². The summed E-state index contributed by atoms with van der Waals surface area (Å²) in [5.41, 5.74) is 4.27. The Balaban J connectivity index is 1.43. The smallest absolute Gasteiger partial charge is 0.343 e. The summed E-state index contributed by atoms with van der Waals surface area (Å²) in [7, 11) is 0. The van der Waals surface area contributed by atoms with Crippen LogP contribution in [0.3, 0.4) is 0 Å². The van der Waals surface area contributed by atoms with E-state index in [1.165, 1.54) is 6.33 Å². The van der Waals surface area contributed by atoms with E-state index in [2.05, 4.69) is 20.7 Å². The molecule has 0 unspecified atom stereocenters. The number of rotatable bonds is 5. The molecule has 0 aliphatic carbocycles. The lowest BCUT2D eigenvalue weighted by molar-refractivity contribution is -0.113. The maximum Gasteiger partial charge on any atom is 0.343 e. The molecule has 4 aromatic rings. The Bertz CT molecular complexity index is 1410. The Morgan fingerprint density at radius 3 is 2.37 bits per heavy atom. The minimum atomic E-state index is -0.516. The van der Waals surface area contributed by atoms with E-state index in [1.54, 1.807) is 41.1 Å². The first-order valence-corrected chi connectivity index (χ1v) is 11.1. The van der Waals surface area contributed by atoms with Gasteiger partial charge < -0.3 is 15.4 Å². The molecule has 174 valence electrons. The number of carbonyl (C=O) groups excluding carboxylic acids is 2. The summed E-state index contributed by atoms with van der Waals surface area (Å²) in [6.45, 7) is 3.83. The molecule has 2 N–H and O–H groups in total. The van der Waals surface area contributed by atoms with E-state index in [1.807, 2.05) is 56.3 Å². The lowest BCUT2D eigenvalue weighted by Crippen LogP contribution is -2.31. The highest BCUT2D eigenvalue weighted by Gasteiger charge is 2.33. The molecule has 8 heteroatoms. The average Bonchev–Trinajstić information content (AvgIpc) is 3.33. The first-order valence-electron chi connectivity index (χ1n) is 11.1. The molecule has 1 atom stereocenters. The number of carbonyl (C=O) groups is 2. The second-order valence-electron chi connectivity index (χ2n) is 8.24. The monoisotopic (exact) mass is 465 g/mol. The third-order valence-corrected chi connectivity index (χ3v) is 5.76. The summed E-state index contributed by atoms with van der Waals surface area (Å²) < 4.78 is 7.17. The van der Waals surface area contributed by atoms with E-state index >= 15 is 0 Å². The number of nitrogens with one attached hydrogen (secondary N) is 2. The second kappa shape index (κ2) is 9.26. The van der Waals surface area contributed by atoms with E-state index < -0.39 is 12.0 Å². The number of fused-ring (bicyclic) bond motifs is 1. The van der Waals surface area contributed by atoms with E-state index in [0.717, 1.165) is 11.1 Å². The minimum Gasteiger partial charge on any atom is -0.423 e. The maximum absolute atomic E-state index is 13.4. The van der Waals surface area contributed by atoms with Crippen molar-refractivity contribution in [3.8, 4) is 5.75 Å². The molecule has 1 aromatic heterocycles. The Hall–Kier alpha value is -4.72. The molecular weight excluding hydrogens is 442 g/mol. The van der Waals surface area contributed by atoms with Crippen LogP contribution in [0.15, 0.2) is 96.5 Å². The number of anilines is 2. The van der Waals surface area contributed by atoms with E-state index in [9.17, 15) is 9.59 Å². The van der Waals surface area contributed by atoms with Gasteiger partial charge in [-0.15, -0.1) is 0 Å². The van der Waals surface area contributed by atoms with Crippen molar-refractivity contribution in [3.63, 3.8) is 0 Å². The molecule has 2 heterocycles. The number of nitrogens with zero attached hydrogens (tertiary/aromatic N) is 3. The molecule has 0 fully saturated rings. The van der Waals surface area contributed by atoms with Crippen molar-refractivity contribution in [2.24, 2.45) is 0 Å². The van der Waals surface area contributed by atoms with Gasteiger partial charge in [-0.2, -0.15) is 10.1 Å². The standard InChI is InChI=1S/C27H23N5O3/c1-17-8-12-21(13-9-17)31-25(33)23-18(2)30-27-28-16-29-32(27)24(23)19-10-14-22(15-11-19)35-26(34)20-6-4-3-5-7-20/h3-16,24H,1-2H3,(H,31,33)(H,28,29,30)/t24-/m1/s1. The number of hydrogen-bond acceptors (Lipinski definition) is 6. The number of ether oxygens (including phenoxy) is 1. The van der Waals surface area contributed by atoms with Crippen molar-refractivity contribution < 1.29 is 14.3 Å². The summed E-state index contributed by atoms with van der Waals surface area (Å²) in [5.74, 6) is 0.262. The molecule has 0 radical (unpaired) electrons. The zero-order chi connectivity index (χ0) is 24.4. The number of benzene rings is 3. The summed E-state index contributed by atoms with van der Waals surface area (Å²) in [5, 5.41) is 10.5. The number of allylic oxidation sites excluding steroid dienone is 1. The highest BCUT2D eigenvalue weighted by molar-refractivity contribution is 6.06.